The zero-order valence-electron chi connectivity index (χ0n) is 12.8. The number of fused-ring (bicyclic) bond motifs is 2. The van der Waals surface area contributed by atoms with E-state index in [-0.39, 0.29) is 5.91 Å². The van der Waals surface area contributed by atoms with Crippen molar-refractivity contribution in [3.8, 4) is 5.75 Å². The third kappa shape index (κ3) is 3.05. The summed E-state index contributed by atoms with van der Waals surface area (Å²) in [5.41, 5.74) is 0.966. The minimum absolute atomic E-state index is 0.186. The van der Waals surface area contributed by atoms with E-state index in [2.05, 4.69) is 5.32 Å². The zero-order valence-corrected chi connectivity index (χ0v) is 12.8. The summed E-state index contributed by atoms with van der Waals surface area (Å²) < 4.78 is 5.33. The lowest BCUT2D eigenvalue weighted by atomic mass is 9.98. The number of benzene rings is 1. The van der Waals surface area contributed by atoms with Gasteiger partial charge in [-0.15, -0.1) is 0 Å². The molecule has 3 rings (SSSR count). The zero-order chi connectivity index (χ0) is 14.8. The molecule has 2 atom stereocenters. The van der Waals surface area contributed by atoms with E-state index in [9.17, 15) is 4.79 Å². The van der Waals surface area contributed by atoms with Gasteiger partial charge in [0.1, 0.15) is 5.75 Å². The molecule has 2 unspecified atom stereocenters. The van der Waals surface area contributed by atoms with Crippen molar-refractivity contribution >= 4 is 5.91 Å². The predicted molar refractivity (Wildman–Crippen MR) is 82.4 cm³/mol. The summed E-state index contributed by atoms with van der Waals surface area (Å²) in [6, 6.07) is 9.36. The fraction of sp³-hybridized carbons (Fsp3) is 0.588. The number of nitrogens with zero attached hydrogens (tertiary/aromatic N) is 1. The van der Waals surface area contributed by atoms with E-state index in [1.807, 2.05) is 36.2 Å². The van der Waals surface area contributed by atoms with E-state index in [0.717, 1.165) is 24.2 Å². The second-order valence-corrected chi connectivity index (χ2v) is 6.26. The number of hydrogen-bond acceptors (Lipinski definition) is 3. The van der Waals surface area contributed by atoms with Gasteiger partial charge in [-0.25, -0.2) is 0 Å². The van der Waals surface area contributed by atoms with Gasteiger partial charge in [0, 0.05) is 30.7 Å². The number of methoxy groups -OCH3 is 1. The van der Waals surface area contributed by atoms with Gasteiger partial charge < -0.3 is 15.0 Å². The van der Waals surface area contributed by atoms with Crippen molar-refractivity contribution in [1.29, 1.82) is 0 Å². The van der Waals surface area contributed by atoms with Crippen LogP contribution in [-0.4, -0.2) is 43.1 Å². The molecule has 4 nitrogen and oxygen atoms in total. The van der Waals surface area contributed by atoms with Crippen LogP contribution in [0.2, 0.25) is 0 Å². The molecule has 4 heteroatoms. The van der Waals surface area contributed by atoms with Gasteiger partial charge in [-0.3, -0.25) is 4.79 Å². The SMILES string of the molecule is COc1ccccc1CC(=O)N(C)C1CC2CCC(C1)N2. The number of piperidine rings is 1. The summed E-state index contributed by atoms with van der Waals surface area (Å²) >= 11 is 0. The summed E-state index contributed by atoms with van der Waals surface area (Å²) in [6.45, 7) is 0. The van der Waals surface area contributed by atoms with E-state index in [1.54, 1.807) is 7.11 Å². The van der Waals surface area contributed by atoms with Crippen LogP contribution in [0, 0.1) is 0 Å². The standard InChI is InChI=1S/C17H24N2O2/c1-19(15-10-13-7-8-14(11-15)18-13)17(20)9-12-5-3-4-6-16(12)21-2/h3-6,13-15,18H,7-11H2,1-2H3. The van der Waals surface area contributed by atoms with E-state index < -0.39 is 0 Å². The number of hydrogen-bond donors (Lipinski definition) is 1. The van der Waals surface area contributed by atoms with Crippen LogP contribution in [0.25, 0.3) is 0 Å². The molecule has 1 aromatic rings. The Morgan fingerprint density at radius 3 is 2.62 bits per heavy atom. The molecule has 0 saturated carbocycles. The van der Waals surface area contributed by atoms with Crippen LogP contribution in [-0.2, 0) is 11.2 Å². The van der Waals surface area contributed by atoms with Crippen LogP contribution in [0.3, 0.4) is 0 Å². The Morgan fingerprint density at radius 2 is 1.95 bits per heavy atom. The van der Waals surface area contributed by atoms with Crippen molar-refractivity contribution in [3.05, 3.63) is 29.8 Å². The first kappa shape index (κ1) is 14.4. The first-order valence-corrected chi connectivity index (χ1v) is 7.81. The Labute approximate surface area is 126 Å². The molecule has 114 valence electrons. The second-order valence-electron chi connectivity index (χ2n) is 6.26. The molecule has 0 aromatic heterocycles. The van der Waals surface area contributed by atoms with Crippen LogP contribution in [0.4, 0.5) is 0 Å². The predicted octanol–water partition coefficient (Wildman–Crippen LogP) is 1.98. The molecule has 2 aliphatic heterocycles. The topological polar surface area (TPSA) is 41.6 Å². The summed E-state index contributed by atoms with van der Waals surface area (Å²) in [6.07, 6.45) is 5.11. The molecule has 1 amide bonds. The Balaban J connectivity index is 1.64. The highest BCUT2D eigenvalue weighted by Crippen LogP contribution is 2.29. The van der Waals surface area contributed by atoms with E-state index in [4.69, 9.17) is 4.74 Å². The lowest BCUT2D eigenvalue weighted by Crippen LogP contribution is -2.49. The summed E-state index contributed by atoms with van der Waals surface area (Å²) in [7, 11) is 3.60. The molecule has 2 fully saturated rings. The first-order valence-electron chi connectivity index (χ1n) is 7.81. The quantitative estimate of drug-likeness (QED) is 0.921. The van der Waals surface area contributed by atoms with Gasteiger partial charge in [-0.2, -0.15) is 0 Å². The number of amides is 1. The minimum atomic E-state index is 0.186. The first-order chi connectivity index (χ1) is 10.2. The fourth-order valence-corrected chi connectivity index (χ4v) is 3.68. The highest BCUT2D eigenvalue weighted by Gasteiger charge is 2.36. The third-order valence-electron chi connectivity index (χ3n) is 4.92. The number of nitrogens with one attached hydrogen (secondary N) is 1. The number of likely N-dealkylation sites (N-methyl/N-ethyl adjacent to an activating group) is 1. The van der Waals surface area contributed by atoms with Crippen molar-refractivity contribution in [2.45, 2.75) is 50.2 Å². The van der Waals surface area contributed by atoms with Gasteiger partial charge in [-0.1, -0.05) is 18.2 Å². The van der Waals surface area contributed by atoms with Crippen molar-refractivity contribution in [2.24, 2.45) is 0 Å². The summed E-state index contributed by atoms with van der Waals surface area (Å²) in [5, 5.41) is 3.62. The molecule has 0 aliphatic carbocycles. The maximum absolute atomic E-state index is 12.6. The molecule has 1 aromatic carbocycles. The van der Waals surface area contributed by atoms with Crippen LogP contribution < -0.4 is 10.1 Å². The molecule has 2 aliphatic rings. The summed E-state index contributed by atoms with van der Waals surface area (Å²) in [5.74, 6) is 0.982. The van der Waals surface area contributed by atoms with Crippen molar-refractivity contribution < 1.29 is 9.53 Å². The molecule has 2 saturated heterocycles. The number of para-hydroxylation sites is 1. The molecule has 1 N–H and O–H groups in total. The van der Waals surface area contributed by atoms with E-state index >= 15 is 0 Å². The van der Waals surface area contributed by atoms with Crippen LogP contribution >= 0.6 is 0 Å². The van der Waals surface area contributed by atoms with Gasteiger partial charge in [-0.05, 0) is 31.7 Å². The van der Waals surface area contributed by atoms with Crippen LogP contribution in [0.5, 0.6) is 5.75 Å². The summed E-state index contributed by atoms with van der Waals surface area (Å²) in [4.78, 5) is 14.5. The lowest BCUT2D eigenvalue weighted by molar-refractivity contribution is -0.131. The molecule has 0 radical (unpaired) electrons. The van der Waals surface area contributed by atoms with Gasteiger partial charge in [0.05, 0.1) is 13.5 Å². The van der Waals surface area contributed by atoms with Crippen LogP contribution in [0.1, 0.15) is 31.2 Å². The van der Waals surface area contributed by atoms with Gasteiger partial charge in [0.2, 0.25) is 5.91 Å². The van der Waals surface area contributed by atoms with Crippen molar-refractivity contribution in [1.82, 2.24) is 10.2 Å². The number of carbonyl (C=O) groups is 1. The average molecular weight is 288 g/mol. The second kappa shape index (κ2) is 6.06. The fourth-order valence-electron chi connectivity index (χ4n) is 3.68. The molecule has 21 heavy (non-hydrogen) atoms. The van der Waals surface area contributed by atoms with Crippen LogP contribution in [0.15, 0.2) is 24.3 Å². The maximum Gasteiger partial charge on any atom is 0.227 e. The highest BCUT2D eigenvalue weighted by atomic mass is 16.5. The molecular formula is C17H24N2O2. The Bertz CT molecular complexity index is 505. The number of rotatable bonds is 4. The molecular weight excluding hydrogens is 264 g/mol. The largest absolute Gasteiger partial charge is 0.496 e. The average Bonchev–Trinajstić information content (AvgIpc) is 2.85. The van der Waals surface area contributed by atoms with Gasteiger partial charge in [0.25, 0.3) is 0 Å². The molecule has 2 heterocycles. The Morgan fingerprint density at radius 1 is 1.29 bits per heavy atom. The lowest BCUT2D eigenvalue weighted by Gasteiger charge is -2.35. The van der Waals surface area contributed by atoms with E-state index in [0.29, 0.717) is 24.5 Å². The normalized spacial score (nSPS) is 27.4. The van der Waals surface area contributed by atoms with Gasteiger partial charge >= 0.3 is 0 Å². The van der Waals surface area contributed by atoms with Crippen molar-refractivity contribution in [3.63, 3.8) is 0 Å². The minimum Gasteiger partial charge on any atom is -0.496 e. The Kier molecular flexibility index (Phi) is 4.15. The van der Waals surface area contributed by atoms with Gasteiger partial charge in [0.15, 0.2) is 0 Å². The van der Waals surface area contributed by atoms with E-state index in [1.165, 1.54) is 12.8 Å². The molecule has 2 bridgehead atoms. The highest BCUT2D eigenvalue weighted by molar-refractivity contribution is 5.79. The Hall–Kier alpha value is -1.55. The third-order valence-corrected chi connectivity index (χ3v) is 4.92. The molecule has 0 spiro atoms. The smallest absolute Gasteiger partial charge is 0.227 e. The van der Waals surface area contributed by atoms with Crippen molar-refractivity contribution in [2.75, 3.05) is 14.2 Å². The monoisotopic (exact) mass is 288 g/mol. The number of carbonyl (C=O) groups excluding carboxylic acids is 1. The maximum atomic E-state index is 12.6. The number of ether oxygens (including phenoxy) is 1.